The first-order valence-corrected chi connectivity index (χ1v) is 7.51. The summed E-state index contributed by atoms with van der Waals surface area (Å²) in [7, 11) is 0. The fourth-order valence-electron chi connectivity index (χ4n) is 2.06. The fourth-order valence-corrected chi connectivity index (χ4v) is 2.06. The van der Waals surface area contributed by atoms with Gasteiger partial charge in [0.15, 0.2) is 0 Å². The zero-order chi connectivity index (χ0) is 15.1. The SMILES string of the molecule is CC(C)COC(=O)C1CCCCN1C(=O)OCC(C)C. The molecule has 0 N–H and O–H groups in total. The lowest BCUT2D eigenvalue weighted by atomic mass is 10.0. The normalized spacial score (nSPS) is 19.3. The topological polar surface area (TPSA) is 55.8 Å². The molecule has 1 heterocycles. The molecule has 0 saturated carbocycles. The Morgan fingerprint density at radius 2 is 1.65 bits per heavy atom. The number of rotatable bonds is 5. The van der Waals surface area contributed by atoms with Crippen LogP contribution in [0.15, 0.2) is 0 Å². The minimum absolute atomic E-state index is 0.287. The van der Waals surface area contributed by atoms with E-state index in [0.29, 0.717) is 32.1 Å². The monoisotopic (exact) mass is 285 g/mol. The van der Waals surface area contributed by atoms with Crippen molar-refractivity contribution >= 4 is 12.1 Å². The smallest absolute Gasteiger partial charge is 0.410 e. The molecule has 0 aromatic rings. The van der Waals surface area contributed by atoms with Crippen LogP contribution in [-0.4, -0.2) is 42.8 Å². The van der Waals surface area contributed by atoms with Crippen molar-refractivity contribution in [3.63, 3.8) is 0 Å². The average Bonchev–Trinajstić information content (AvgIpc) is 2.42. The molecule has 1 aliphatic heterocycles. The van der Waals surface area contributed by atoms with Gasteiger partial charge in [0, 0.05) is 6.54 Å². The summed E-state index contributed by atoms with van der Waals surface area (Å²) < 4.78 is 10.5. The molecule has 0 spiro atoms. The van der Waals surface area contributed by atoms with Crippen molar-refractivity contribution in [1.82, 2.24) is 4.90 Å². The van der Waals surface area contributed by atoms with Crippen molar-refractivity contribution in [1.29, 1.82) is 0 Å². The second kappa shape index (κ2) is 8.12. The van der Waals surface area contributed by atoms with Gasteiger partial charge in [-0.1, -0.05) is 27.7 Å². The van der Waals surface area contributed by atoms with Crippen molar-refractivity contribution in [3.8, 4) is 0 Å². The Hall–Kier alpha value is -1.26. The maximum Gasteiger partial charge on any atom is 0.410 e. The third-order valence-corrected chi connectivity index (χ3v) is 3.11. The second-order valence-electron chi connectivity index (χ2n) is 6.20. The number of piperidine rings is 1. The largest absolute Gasteiger partial charge is 0.464 e. The Morgan fingerprint density at radius 3 is 2.25 bits per heavy atom. The van der Waals surface area contributed by atoms with E-state index >= 15 is 0 Å². The minimum atomic E-state index is -0.484. The highest BCUT2D eigenvalue weighted by Crippen LogP contribution is 2.19. The van der Waals surface area contributed by atoms with Gasteiger partial charge in [0.25, 0.3) is 0 Å². The summed E-state index contributed by atoms with van der Waals surface area (Å²) in [5.41, 5.74) is 0. The van der Waals surface area contributed by atoms with Crippen molar-refractivity contribution in [3.05, 3.63) is 0 Å². The Kier molecular flexibility index (Phi) is 6.82. The summed E-state index contributed by atoms with van der Waals surface area (Å²) in [6, 6.07) is -0.484. The molecular weight excluding hydrogens is 258 g/mol. The Bertz CT molecular complexity index is 296. The summed E-state index contributed by atoms with van der Waals surface area (Å²) in [5.74, 6) is 0.277. The lowest BCUT2D eigenvalue weighted by molar-refractivity contribution is -0.151. The summed E-state index contributed by atoms with van der Waals surface area (Å²) in [4.78, 5) is 25.7. The Morgan fingerprint density at radius 1 is 1.05 bits per heavy atom. The predicted octanol–water partition coefficient (Wildman–Crippen LogP) is 2.83. The molecular formula is C15H27NO4. The number of hydrogen-bond acceptors (Lipinski definition) is 4. The molecule has 1 unspecified atom stereocenters. The van der Waals surface area contributed by atoms with Crippen molar-refractivity contribution < 1.29 is 19.1 Å². The van der Waals surface area contributed by atoms with Crippen LogP contribution in [0.1, 0.15) is 47.0 Å². The molecule has 5 heteroatoms. The third-order valence-electron chi connectivity index (χ3n) is 3.11. The number of nitrogens with zero attached hydrogens (tertiary/aromatic N) is 1. The highest BCUT2D eigenvalue weighted by Gasteiger charge is 2.34. The molecule has 0 aromatic heterocycles. The van der Waals surface area contributed by atoms with Crippen LogP contribution in [0.25, 0.3) is 0 Å². The number of likely N-dealkylation sites (tertiary alicyclic amines) is 1. The van der Waals surface area contributed by atoms with Crippen LogP contribution in [0.4, 0.5) is 4.79 Å². The summed E-state index contributed by atoms with van der Waals surface area (Å²) in [6.07, 6.45) is 2.11. The highest BCUT2D eigenvalue weighted by atomic mass is 16.6. The van der Waals surface area contributed by atoms with Gasteiger partial charge >= 0.3 is 12.1 Å². The van der Waals surface area contributed by atoms with E-state index in [-0.39, 0.29) is 11.9 Å². The van der Waals surface area contributed by atoms with Crippen LogP contribution in [0, 0.1) is 11.8 Å². The van der Waals surface area contributed by atoms with E-state index in [2.05, 4.69) is 0 Å². The number of carbonyl (C=O) groups excluding carboxylic acids is 2. The van der Waals surface area contributed by atoms with Crippen LogP contribution < -0.4 is 0 Å². The van der Waals surface area contributed by atoms with Gasteiger partial charge in [-0.15, -0.1) is 0 Å². The molecule has 1 saturated heterocycles. The van der Waals surface area contributed by atoms with Crippen molar-refractivity contribution in [2.24, 2.45) is 11.8 Å². The van der Waals surface area contributed by atoms with Gasteiger partial charge in [0.1, 0.15) is 6.04 Å². The van der Waals surface area contributed by atoms with Crippen LogP contribution in [0.5, 0.6) is 0 Å². The first kappa shape index (κ1) is 16.8. The molecule has 20 heavy (non-hydrogen) atoms. The predicted molar refractivity (Wildman–Crippen MR) is 76.3 cm³/mol. The zero-order valence-corrected chi connectivity index (χ0v) is 13.1. The lowest BCUT2D eigenvalue weighted by Crippen LogP contribution is -2.49. The van der Waals surface area contributed by atoms with Crippen LogP contribution in [-0.2, 0) is 14.3 Å². The van der Waals surface area contributed by atoms with Crippen molar-refractivity contribution in [2.75, 3.05) is 19.8 Å². The van der Waals surface area contributed by atoms with Crippen LogP contribution in [0.2, 0.25) is 0 Å². The van der Waals surface area contributed by atoms with Crippen LogP contribution >= 0.6 is 0 Å². The summed E-state index contributed by atoms with van der Waals surface area (Å²) in [5, 5.41) is 0. The average molecular weight is 285 g/mol. The fraction of sp³-hybridized carbons (Fsp3) is 0.867. The second-order valence-corrected chi connectivity index (χ2v) is 6.20. The maximum absolute atomic E-state index is 12.1. The number of amides is 1. The lowest BCUT2D eigenvalue weighted by Gasteiger charge is -2.33. The van der Waals surface area contributed by atoms with Gasteiger partial charge in [-0.2, -0.15) is 0 Å². The standard InChI is InChI=1S/C15H27NO4/c1-11(2)9-19-14(17)13-7-5-6-8-16(13)15(18)20-10-12(3)4/h11-13H,5-10H2,1-4H3. The van der Waals surface area contributed by atoms with Gasteiger partial charge in [0.05, 0.1) is 13.2 Å². The highest BCUT2D eigenvalue weighted by molar-refractivity contribution is 5.81. The molecule has 1 rings (SSSR count). The minimum Gasteiger partial charge on any atom is -0.464 e. The molecule has 1 aliphatic rings. The first-order chi connectivity index (χ1) is 9.41. The van der Waals surface area contributed by atoms with Crippen LogP contribution in [0.3, 0.4) is 0 Å². The molecule has 116 valence electrons. The Labute approximate surface area is 121 Å². The third kappa shape index (κ3) is 5.39. The van der Waals surface area contributed by atoms with Crippen molar-refractivity contribution in [2.45, 2.75) is 53.0 Å². The quantitative estimate of drug-likeness (QED) is 0.729. The molecule has 5 nitrogen and oxygen atoms in total. The van der Waals surface area contributed by atoms with Gasteiger partial charge < -0.3 is 9.47 Å². The molecule has 0 aliphatic carbocycles. The van der Waals surface area contributed by atoms with Gasteiger partial charge in [-0.3, -0.25) is 4.90 Å². The van der Waals surface area contributed by atoms with E-state index in [4.69, 9.17) is 9.47 Å². The number of hydrogen-bond donors (Lipinski definition) is 0. The number of carbonyl (C=O) groups is 2. The molecule has 1 atom stereocenters. The molecule has 1 fully saturated rings. The molecule has 0 radical (unpaired) electrons. The zero-order valence-electron chi connectivity index (χ0n) is 13.1. The summed E-state index contributed by atoms with van der Waals surface area (Å²) >= 11 is 0. The van der Waals surface area contributed by atoms with E-state index in [1.807, 2.05) is 27.7 Å². The number of esters is 1. The maximum atomic E-state index is 12.1. The molecule has 0 aromatic carbocycles. The molecule has 0 bridgehead atoms. The first-order valence-electron chi connectivity index (χ1n) is 7.51. The van der Waals surface area contributed by atoms with Gasteiger partial charge in [0.2, 0.25) is 0 Å². The number of ether oxygens (including phenoxy) is 2. The van der Waals surface area contributed by atoms with E-state index in [9.17, 15) is 9.59 Å². The van der Waals surface area contributed by atoms with E-state index < -0.39 is 12.1 Å². The van der Waals surface area contributed by atoms with E-state index in [1.54, 1.807) is 0 Å². The van der Waals surface area contributed by atoms with Gasteiger partial charge in [-0.25, -0.2) is 9.59 Å². The van der Waals surface area contributed by atoms with Gasteiger partial charge in [-0.05, 0) is 31.1 Å². The van der Waals surface area contributed by atoms with E-state index in [0.717, 1.165) is 12.8 Å². The summed E-state index contributed by atoms with van der Waals surface area (Å²) in [6.45, 7) is 9.28. The van der Waals surface area contributed by atoms with E-state index in [1.165, 1.54) is 4.90 Å². The molecule has 1 amide bonds. The Balaban J connectivity index is 2.56.